The third-order valence-electron chi connectivity index (χ3n) is 1.13. The van der Waals surface area contributed by atoms with Crippen LogP contribution in [0, 0.1) is 0 Å². The molecular weight excluding hydrogens is 150 g/mol. The van der Waals surface area contributed by atoms with E-state index in [0.717, 1.165) is 0 Å². The van der Waals surface area contributed by atoms with E-state index >= 15 is 0 Å². The molecule has 0 atom stereocenters. The fraction of sp³-hybridized carbons (Fsp3) is 0.500. The fourth-order valence-corrected chi connectivity index (χ4v) is 1.19. The number of thioether (sulfide) groups is 1. The molecule has 1 nitrogen and oxygen atoms in total. The van der Waals surface area contributed by atoms with Crippen molar-refractivity contribution in [1.29, 1.82) is 0 Å². The topological polar surface area (TPSA) is 12.0 Å². The summed E-state index contributed by atoms with van der Waals surface area (Å²) in [5.41, 5.74) is 1.18. The van der Waals surface area contributed by atoms with Crippen LogP contribution in [0.5, 0.6) is 0 Å². The van der Waals surface area contributed by atoms with Crippen LogP contribution in [0.4, 0.5) is 0 Å². The highest BCUT2D eigenvalue weighted by Gasteiger charge is 1.90. The molecule has 0 aliphatic carbocycles. The lowest BCUT2D eigenvalue weighted by Crippen LogP contribution is -2.02. The van der Waals surface area contributed by atoms with E-state index in [0.29, 0.717) is 0 Å². The fourth-order valence-electron chi connectivity index (χ4n) is 0.337. The number of rotatable bonds is 3. The van der Waals surface area contributed by atoms with Crippen LogP contribution < -0.4 is 5.32 Å². The Morgan fingerprint density at radius 1 is 1.56 bits per heavy atom. The first-order valence-corrected chi connectivity index (χ1v) is 4.03. The van der Waals surface area contributed by atoms with Crippen molar-refractivity contribution in [3.63, 3.8) is 0 Å². The smallest absolute Gasteiger partial charge is 0.0388 e. The number of allylic oxidation sites excluding steroid dienone is 2. The zero-order chi connectivity index (χ0) is 7.28. The summed E-state index contributed by atoms with van der Waals surface area (Å²) in [6.45, 7) is 4.07. The van der Waals surface area contributed by atoms with E-state index < -0.39 is 0 Å². The van der Waals surface area contributed by atoms with Gasteiger partial charge in [-0.1, -0.05) is 24.0 Å². The molecule has 0 radical (unpaired) electrons. The maximum atomic E-state index is 4.67. The van der Waals surface area contributed by atoms with Crippen molar-refractivity contribution in [3.05, 3.63) is 10.6 Å². The third kappa shape index (κ3) is 3.54. The van der Waals surface area contributed by atoms with Crippen LogP contribution in [0.2, 0.25) is 0 Å². The molecule has 0 rings (SSSR count). The molecule has 0 aromatic heterocycles. The largest absolute Gasteiger partial charge is 0.391 e. The van der Waals surface area contributed by atoms with E-state index in [2.05, 4.69) is 17.5 Å². The summed E-state index contributed by atoms with van der Waals surface area (Å²) in [6, 6.07) is 0. The van der Waals surface area contributed by atoms with Gasteiger partial charge in [0.25, 0.3) is 0 Å². The molecule has 1 N–H and O–H groups in total. The highest BCUT2D eigenvalue weighted by molar-refractivity contribution is 8.23. The van der Waals surface area contributed by atoms with Crippen molar-refractivity contribution in [2.45, 2.75) is 13.8 Å². The SMILES string of the molecule is CN/C(C)=C(/C)SC=S. The number of hydrogen-bond donors (Lipinski definition) is 1. The average Bonchev–Trinajstić information content (AvgIpc) is 1.87. The minimum Gasteiger partial charge on any atom is -0.391 e. The molecule has 0 aliphatic heterocycles. The predicted molar refractivity (Wildman–Crippen MR) is 48.7 cm³/mol. The Bertz CT molecular complexity index is 129. The molecule has 0 aliphatic rings. The third-order valence-corrected chi connectivity index (χ3v) is 2.17. The summed E-state index contributed by atoms with van der Waals surface area (Å²) >= 11 is 6.24. The molecular formula is C6H11NS2. The highest BCUT2D eigenvalue weighted by atomic mass is 32.2. The molecule has 9 heavy (non-hydrogen) atoms. The van der Waals surface area contributed by atoms with Crippen molar-refractivity contribution in [2.24, 2.45) is 0 Å². The van der Waals surface area contributed by atoms with Gasteiger partial charge in [-0.3, -0.25) is 0 Å². The van der Waals surface area contributed by atoms with Crippen LogP contribution in [0.15, 0.2) is 10.6 Å². The Morgan fingerprint density at radius 2 is 2.11 bits per heavy atom. The maximum absolute atomic E-state index is 4.67. The summed E-state index contributed by atoms with van der Waals surface area (Å²) in [7, 11) is 1.91. The maximum Gasteiger partial charge on any atom is 0.0388 e. The van der Waals surface area contributed by atoms with Gasteiger partial charge in [-0.25, -0.2) is 0 Å². The van der Waals surface area contributed by atoms with E-state index in [1.54, 1.807) is 16.5 Å². The standard InChI is InChI=1S/C6H11NS2/c1-5(7-3)6(2)9-4-8/h4,7H,1-3H3/b6-5-. The Labute approximate surface area is 65.9 Å². The van der Waals surface area contributed by atoms with E-state index in [9.17, 15) is 0 Å². The quantitative estimate of drug-likeness (QED) is 0.637. The van der Waals surface area contributed by atoms with E-state index in [1.165, 1.54) is 10.6 Å². The van der Waals surface area contributed by atoms with Crippen molar-refractivity contribution in [3.8, 4) is 0 Å². The van der Waals surface area contributed by atoms with E-state index in [4.69, 9.17) is 0 Å². The molecule has 3 heteroatoms. The van der Waals surface area contributed by atoms with Gasteiger partial charge in [0.05, 0.1) is 0 Å². The molecule has 0 aromatic rings. The van der Waals surface area contributed by atoms with Gasteiger partial charge >= 0.3 is 0 Å². The molecule has 0 amide bonds. The van der Waals surface area contributed by atoms with Gasteiger partial charge in [-0.15, -0.1) is 0 Å². The first-order chi connectivity index (χ1) is 4.22. The molecule has 0 saturated heterocycles. The summed E-state index contributed by atoms with van der Waals surface area (Å²) in [5.74, 6) is 0. The van der Waals surface area contributed by atoms with Crippen LogP contribution in [-0.4, -0.2) is 11.7 Å². The predicted octanol–water partition coefficient (Wildman–Crippen LogP) is 2.15. The Hall–Kier alpha value is -0.0200. The Kier molecular flexibility index (Phi) is 4.81. The monoisotopic (exact) mass is 161 g/mol. The van der Waals surface area contributed by atoms with Crippen molar-refractivity contribution >= 4 is 28.7 Å². The normalized spacial score (nSPS) is 12.3. The van der Waals surface area contributed by atoms with Gasteiger partial charge in [0, 0.05) is 22.3 Å². The van der Waals surface area contributed by atoms with Crippen LogP contribution in [0.3, 0.4) is 0 Å². The van der Waals surface area contributed by atoms with E-state index in [1.807, 2.05) is 20.9 Å². The average molecular weight is 161 g/mol. The van der Waals surface area contributed by atoms with Crippen molar-refractivity contribution in [2.75, 3.05) is 7.05 Å². The Balaban J connectivity index is 3.92. The van der Waals surface area contributed by atoms with Crippen molar-refractivity contribution in [1.82, 2.24) is 5.32 Å². The van der Waals surface area contributed by atoms with Crippen LogP contribution in [-0.2, 0) is 0 Å². The summed E-state index contributed by atoms with van der Waals surface area (Å²) in [6.07, 6.45) is 0. The first-order valence-electron chi connectivity index (χ1n) is 2.68. The molecule has 0 heterocycles. The summed E-state index contributed by atoms with van der Waals surface area (Å²) in [4.78, 5) is 1.23. The zero-order valence-corrected chi connectivity index (χ0v) is 7.53. The second kappa shape index (κ2) is 4.82. The van der Waals surface area contributed by atoms with Gasteiger partial charge in [-0.05, 0) is 13.8 Å². The molecule has 0 bridgehead atoms. The number of nitrogens with one attached hydrogen (secondary N) is 1. The van der Waals surface area contributed by atoms with Crippen LogP contribution in [0.1, 0.15) is 13.8 Å². The van der Waals surface area contributed by atoms with Crippen LogP contribution >= 0.6 is 24.0 Å². The molecule has 0 fully saturated rings. The lowest BCUT2D eigenvalue weighted by molar-refractivity contribution is 0.980. The molecule has 0 aromatic carbocycles. The first kappa shape index (κ1) is 8.98. The lowest BCUT2D eigenvalue weighted by Gasteiger charge is -2.01. The second-order valence-corrected chi connectivity index (χ2v) is 3.26. The van der Waals surface area contributed by atoms with E-state index in [-0.39, 0.29) is 0 Å². The summed E-state index contributed by atoms with van der Waals surface area (Å²) < 4.78 is 1.66. The molecule has 0 unspecified atom stereocenters. The number of hydrogen-bond acceptors (Lipinski definition) is 3. The lowest BCUT2D eigenvalue weighted by atomic mass is 10.5. The Morgan fingerprint density at radius 3 is 2.44 bits per heavy atom. The van der Waals surface area contributed by atoms with Crippen molar-refractivity contribution < 1.29 is 0 Å². The highest BCUT2D eigenvalue weighted by Crippen LogP contribution is 2.13. The van der Waals surface area contributed by atoms with Gasteiger partial charge in [-0.2, -0.15) is 0 Å². The second-order valence-electron chi connectivity index (χ2n) is 1.65. The van der Waals surface area contributed by atoms with Gasteiger partial charge in [0.15, 0.2) is 0 Å². The zero-order valence-electron chi connectivity index (χ0n) is 5.89. The molecule has 0 saturated carbocycles. The molecule has 52 valence electrons. The van der Waals surface area contributed by atoms with Gasteiger partial charge in [0.2, 0.25) is 0 Å². The number of thiocarbonyl (C=S) groups is 1. The minimum atomic E-state index is 1.18. The van der Waals surface area contributed by atoms with Gasteiger partial charge in [0.1, 0.15) is 0 Å². The minimum absolute atomic E-state index is 1.18. The summed E-state index contributed by atoms with van der Waals surface area (Å²) in [5, 5.41) is 3.04. The van der Waals surface area contributed by atoms with Crippen LogP contribution in [0.25, 0.3) is 0 Å². The van der Waals surface area contributed by atoms with Gasteiger partial charge < -0.3 is 5.32 Å². The molecule has 0 spiro atoms.